The Morgan fingerprint density at radius 3 is 2.82 bits per heavy atom. The monoisotopic (exact) mass is 154 g/mol. The highest BCUT2D eigenvalue weighted by atomic mass is 16.1. The highest BCUT2D eigenvalue weighted by molar-refractivity contribution is 5.77. The first kappa shape index (κ1) is 7.59. The molecule has 0 bridgehead atoms. The van der Waals surface area contributed by atoms with Gasteiger partial charge in [-0.1, -0.05) is 0 Å². The van der Waals surface area contributed by atoms with E-state index in [9.17, 15) is 4.79 Å². The van der Waals surface area contributed by atoms with Gasteiger partial charge < -0.3 is 16.0 Å². The number of carbonyl (C=O) groups excluding carboxylic acids is 1. The number of nitrogens with two attached hydrogens (primary N) is 2. The molecular formula is C6H10N4O. The van der Waals surface area contributed by atoms with E-state index < -0.39 is 5.91 Å². The van der Waals surface area contributed by atoms with Gasteiger partial charge in [-0.15, -0.1) is 0 Å². The fourth-order valence-corrected chi connectivity index (χ4v) is 0.711. The van der Waals surface area contributed by atoms with E-state index in [4.69, 9.17) is 11.5 Å². The van der Waals surface area contributed by atoms with E-state index >= 15 is 0 Å². The second-order valence-electron chi connectivity index (χ2n) is 2.32. The van der Waals surface area contributed by atoms with Gasteiger partial charge in [0.25, 0.3) is 0 Å². The average molecular weight is 154 g/mol. The number of nitrogens with zero attached hydrogens (tertiary/aromatic N) is 2. The summed E-state index contributed by atoms with van der Waals surface area (Å²) in [5, 5.41) is 0. The standard InChI is InChI=1S/C6H10N4O/c1-4(6(8)11)10-2-5(7)9-3-10/h2-4H,7H2,1H3,(H2,8,11). The van der Waals surface area contributed by atoms with Gasteiger partial charge in [0.15, 0.2) is 0 Å². The zero-order valence-electron chi connectivity index (χ0n) is 6.19. The number of hydrogen-bond donors (Lipinski definition) is 2. The van der Waals surface area contributed by atoms with Crippen molar-refractivity contribution >= 4 is 11.7 Å². The third-order valence-corrected chi connectivity index (χ3v) is 1.48. The van der Waals surface area contributed by atoms with Gasteiger partial charge in [-0.3, -0.25) is 4.79 Å². The number of imidazole rings is 1. The Kier molecular flexibility index (Phi) is 1.80. The van der Waals surface area contributed by atoms with Crippen LogP contribution < -0.4 is 11.5 Å². The quantitative estimate of drug-likeness (QED) is 0.602. The van der Waals surface area contributed by atoms with Gasteiger partial charge >= 0.3 is 0 Å². The highest BCUT2D eigenvalue weighted by Gasteiger charge is 2.09. The highest BCUT2D eigenvalue weighted by Crippen LogP contribution is 2.06. The fraction of sp³-hybridized carbons (Fsp3) is 0.333. The Balaban J connectivity index is 2.84. The fourth-order valence-electron chi connectivity index (χ4n) is 0.711. The van der Waals surface area contributed by atoms with Crippen molar-refractivity contribution in [1.29, 1.82) is 0 Å². The Morgan fingerprint density at radius 2 is 2.45 bits per heavy atom. The summed E-state index contributed by atoms with van der Waals surface area (Å²) in [6, 6.07) is -0.389. The summed E-state index contributed by atoms with van der Waals surface area (Å²) in [7, 11) is 0. The molecule has 5 nitrogen and oxygen atoms in total. The molecular weight excluding hydrogens is 144 g/mol. The first-order valence-corrected chi connectivity index (χ1v) is 3.19. The number of amides is 1. The van der Waals surface area contributed by atoms with E-state index in [1.807, 2.05) is 0 Å². The molecule has 0 spiro atoms. The van der Waals surface area contributed by atoms with Gasteiger partial charge in [0.2, 0.25) is 5.91 Å². The number of hydrogen-bond acceptors (Lipinski definition) is 3. The first-order chi connectivity index (χ1) is 5.11. The molecule has 0 aliphatic carbocycles. The molecule has 1 atom stereocenters. The first-order valence-electron chi connectivity index (χ1n) is 3.19. The lowest BCUT2D eigenvalue weighted by Gasteiger charge is -2.06. The second kappa shape index (κ2) is 2.61. The minimum absolute atomic E-state index is 0.387. The lowest BCUT2D eigenvalue weighted by atomic mass is 10.3. The summed E-state index contributed by atoms with van der Waals surface area (Å²) < 4.78 is 1.57. The third-order valence-electron chi connectivity index (χ3n) is 1.48. The van der Waals surface area contributed by atoms with Crippen LogP contribution in [0.25, 0.3) is 0 Å². The minimum Gasteiger partial charge on any atom is -0.382 e. The molecule has 0 fully saturated rings. The van der Waals surface area contributed by atoms with Crippen LogP contribution in [0.1, 0.15) is 13.0 Å². The molecule has 0 aromatic carbocycles. The molecule has 0 aliphatic rings. The van der Waals surface area contributed by atoms with Crippen LogP contribution >= 0.6 is 0 Å². The van der Waals surface area contributed by atoms with E-state index in [1.165, 1.54) is 6.33 Å². The predicted octanol–water partition coefficient (Wildman–Crippen LogP) is -0.488. The van der Waals surface area contributed by atoms with E-state index in [1.54, 1.807) is 17.7 Å². The summed E-state index contributed by atoms with van der Waals surface area (Å²) in [6.45, 7) is 1.68. The van der Waals surface area contributed by atoms with Crippen molar-refractivity contribution in [3.8, 4) is 0 Å². The molecule has 1 unspecified atom stereocenters. The van der Waals surface area contributed by atoms with E-state index in [2.05, 4.69) is 4.98 Å². The molecule has 0 saturated carbocycles. The van der Waals surface area contributed by atoms with Crippen molar-refractivity contribution < 1.29 is 4.79 Å². The van der Waals surface area contributed by atoms with Crippen LogP contribution in [0.2, 0.25) is 0 Å². The molecule has 1 rings (SSSR count). The largest absolute Gasteiger partial charge is 0.382 e. The van der Waals surface area contributed by atoms with Gasteiger partial charge in [-0.05, 0) is 6.92 Å². The van der Waals surface area contributed by atoms with Crippen LogP contribution in [0.15, 0.2) is 12.5 Å². The van der Waals surface area contributed by atoms with Crippen molar-refractivity contribution in [2.24, 2.45) is 5.73 Å². The Morgan fingerprint density at radius 1 is 1.82 bits per heavy atom. The summed E-state index contributed by atoms with van der Waals surface area (Å²) in [6.07, 6.45) is 3.04. The SMILES string of the molecule is CC(C(N)=O)n1cnc(N)c1. The number of rotatable bonds is 2. The minimum atomic E-state index is -0.401. The smallest absolute Gasteiger partial charge is 0.240 e. The van der Waals surface area contributed by atoms with Gasteiger partial charge in [0.1, 0.15) is 11.9 Å². The van der Waals surface area contributed by atoms with Gasteiger partial charge in [-0.2, -0.15) is 0 Å². The predicted molar refractivity (Wildman–Crippen MR) is 40.5 cm³/mol. The summed E-state index contributed by atoms with van der Waals surface area (Å²) in [5.74, 6) is -0.0134. The molecule has 1 aromatic heterocycles. The topological polar surface area (TPSA) is 86.9 Å². The zero-order chi connectivity index (χ0) is 8.43. The van der Waals surface area contributed by atoms with Crippen LogP contribution in [0.5, 0.6) is 0 Å². The van der Waals surface area contributed by atoms with E-state index in [0.29, 0.717) is 5.82 Å². The Bertz CT molecular complexity index is 267. The maximum Gasteiger partial charge on any atom is 0.240 e. The molecule has 1 heterocycles. The van der Waals surface area contributed by atoms with Gasteiger partial charge in [0.05, 0.1) is 6.33 Å². The number of aromatic nitrogens is 2. The molecule has 4 N–H and O–H groups in total. The molecule has 5 heteroatoms. The Labute approximate surface area is 64.0 Å². The van der Waals surface area contributed by atoms with Crippen molar-refractivity contribution in [2.75, 3.05) is 5.73 Å². The lowest BCUT2D eigenvalue weighted by molar-refractivity contribution is -0.120. The van der Waals surface area contributed by atoms with Crippen LogP contribution in [0, 0.1) is 0 Å². The van der Waals surface area contributed by atoms with Crippen molar-refractivity contribution in [3.63, 3.8) is 0 Å². The van der Waals surface area contributed by atoms with Crippen molar-refractivity contribution in [3.05, 3.63) is 12.5 Å². The van der Waals surface area contributed by atoms with Crippen molar-refractivity contribution in [2.45, 2.75) is 13.0 Å². The summed E-state index contributed by atoms with van der Waals surface area (Å²) in [5.41, 5.74) is 10.4. The van der Waals surface area contributed by atoms with E-state index in [-0.39, 0.29) is 6.04 Å². The Hall–Kier alpha value is -1.52. The maximum absolute atomic E-state index is 10.6. The normalized spacial score (nSPS) is 12.8. The number of anilines is 1. The van der Waals surface area contributed by atoms with Crippen molar-refractivity contribution in [1.82, 2.24) is 9.55 Å². The molecule has 1 aromatic rings. The average Bonchev–Trinajstić information content (AvgIpc) is 2.34. The summed E-state index contributed by atoms with van der Waals surface area (Å²) in [4.78, 5) is 14.4. The third kappa shape index (κ3) is 1.49. The molecule has 60 valence electrons. The maximum atomic E-state index is 10.6. The van der Waals surface area contributed by atoms with Gasteiger partial charge in [0, 0.05) is 6.20 Å². The van der Waals surface area contributed by atoms with Crippen LogP contribution in [0.4, 0.5) is 5.82 Å². The molecule has 0 aliphatic heterocycles. The number of primary amides is 1. The zero-order valence-corrected chi connectivity index (χ0v) is 6.19. The van der Waals surface area contributed by atoms with Gasteiger partial charge in [-0.25, -0.2) is 4.98 Å². The van der Waals surface area contributed by atoms with Crippen LogP contribution in [0.3, 0.4) is 0 Å². The second-order valence-corrected chi connectivity index (χ2v) is 2.32. The van der Waals surface area contributed by atoms with Crippen LogP contribution in [-0.4, -0.2) is 15.5 Å². The lowest BCUT2D eigenvalue weighted by Crippen LogP contribution is -2.22. The molecule has 0 radical (unpaired) electrons. The number of carbonyl (C=O) groups is 1. The number of nitrogen functional groups attached to an aromatic ring is 1. The van der Waals surface area contributed by atoms with Crippen LogP contribution in [-0.2, 0) is 4.79 Å². The molecule has 0 saturated heterocycles. The van der Waals surface area contributed by atoms with E-state index in [0.717, 1.165) is 0 Å². The molecule has 1 amide bonds. The molecule has 11 heavy (non-hydrogen) atoms. The summed E-state index contributed by atoms with van der Waals surface area (Å²) >= 11 is 0.